The Morgan fingerprint density at radius 2 is 2.10 bits per heavy atom. The van der Waals surface area contributed by atoms with Gasteiger partial charge in [-0.05, 0) is 30.3 Å². The second kappa shape index (κ2) is 7.86. The predicted molar refractivity (Wildman–Crippen MR) is 113 cm³/mol. The molecule has 1 aliphatic heterocycles. The van der Waals surface area contributed by atoms with Crippen LogP contribution in [0.4, 0.5) is 5.69 Å². The van der Waals surface area contributed by atoms with E-state index in [0.29, 0.717) is 32.1 Å². The molecule has 2 aromatic heterocycles. The number of nitro groups is 1. The lowest BCUT2D eigenvalue weighted by molar-refractivity contribution is -0.384. The highest BCUT2D eigenvalue weighted by molar-refractivity contribution is 8.26. The van der Waals surface area contributed by atoms with Gasteiger partial charge in [0.25, 0.3) is 11.6 Å². The highest BCUT2D eigenvalue weighted by Crippen LogP contribution is 2.36. The van der Waals surface area contributed by atoms with E-state index in [1.54, 1.807) is 30.3 Å². The molecule has 0 atom stereocenters. The van der Waals surface area contributed by atoms with Crippen molar-refractivity contribution in [1.29, 1.82) is 0 Å². The molecule has 1 saturated heterocycles. The quantitative estimate of drug-likeness (QED) is 0.221. The van der Waals surface area contributed by atoms with Gasteiger partial charge in [0.05, 0.1) is 27.7 Å². The van der Waals surface area contributed by atoms with Crippen molar-refractivity contribution in [3.63, 3.8) is 0 Å². The van der Waals surface area contributed by atoms with Gasteiger partial charge in [0.15, 0.2) is 0 Å². The topological polar surface area (TPSA) is 89.7 Å². The highest BCUT2D eigenvalue weighted by Gasteiger charge is 2.32. The normalized spacial score (nSPS) is 15.5. The van der Waals surface area contributed by atoms with E-state index >= 15 is 0 Å². The maximum atomic E-state index is 12.7. The monoisotopic (exact) mass is 446 g/mol. The summed E-state index contributed by atoms with van der Waals surface area (Å²) in [5.74, 6) is 1.27. The number of rotatable bonds is 5. The molecule has 1 aromatic carbocycles. The molecule has 0 unspecified atom stereocenters. The first kappa shape index (κ1) is 19.4. The van der Waals surface area contributed by atoms with E-state index in [-0.39, 0.29) is 23.2 Å². The lowest BCUT2D eigenvalue weighted by Gasteiger charge is -2.11. The van der Waals surface area contributed by atoms with Gasteiger partial charge in [0.1, 0.15) is 21.6 Å². The summed E-state index contributed by atoms with van der Waals surface area (Å²) in [7, 11) is 0. The third-order valence-corrected chi connectivity index (χ3v) is 5.79. The highest BCUT2D eigenvalue weighted by atomic mass is 35.5. The number of nitrogens with zero attached hydrogens (tertiary/aromatic N) is 2. The fourth-order valence-electron chi connectivity index (χ4n) is 2.72. The summed E-state index contributed by atoms with van der Waals surface area (Å²) in [6, 6.07) is 11.0. The number of carbonyl (C=O) groups is 1. The van der Waals surface area contributed by atoms with Gasteiger partial charge in [0.2, 0.25) is 0 Å². The number of nitro benzene ring substituents is 1. The second-order valence-electron chi connectivity index (χ2n) is 5.97. The van der Waals surface area contributed by atoms with Gasteiger partial charge < -0.3 is 8.83 Å². The lowest BCUT2D eigenvalue weighted by Crippen LogP contribution is -2.27. The van der Waals surface area contributed by atoms with Crippen LogP contribution in [0.1, 0.15) is 11.5 Å². The van der Waals surface area contributed by atoms with Crippen molar-refractivity contribution < 1.29 is 18.6 Å². The van der Waals surface area contributed by atoms with E-state index in [9.17, 15) is 14.9 Å². The Balaban J connectivity index is 1.56. The number of hydrogen-bond donors (Lipinski definition) is 0. The summed E-state index contributed by atoms with van der Waals surface area (Å²) in [5, 5.41) is 11.0. The maximum absolute atomic E-state index is 12.7. The van der Waals surface area contributed by atoms with Crippen LogP contribution in [-0.2, 0) is 11.3 Å². The number of furan rings is 2. The van der Waals surface area contributed by atoms with Gasteiger partial charge in [-0.1, -0.05) is 35.6 Å². The van der Waals surface area contributed by atoms with E-state index in [2.05, 4.69) is 0 Å². The van der Waals surface area contributed by atoms with Gasteiger partial charge >= 0.3 is 0 Å². The summed E-state index contributed by atoms with van der Waals surface area (Å²) >= 11 is 12.6. The molecule has 0 aliphatic carbocycles. The fourth-order valence-corrected chi connectivity index (χ4v) is 4.22. The van der Waals surface area contributed by atoms with Crippen molar-refractivity contribution >= 4 is 57.6 Å². The Morgan fingerprint density at radius 3 is 2.79 bits per heavy atom. The Labute approximate surface area is 179 Å². The van der Waals surface area contributed by atoms with E-state index in [1.807, 2.05) is 0 Å². The van der Waals surface area contributed by atoms with Crippen molar-refractivity contribution in [2.75, 3.05) is 0 Å². The van der Waals surface area contributed by atoms with Crippen molar-refractivity contribution in [1.82, 2.24) is 4.90 Å². The molecule has 4 rings (SSSR count). The first-order valence-electron chi connectivity index (χ1n) is 8.24. The minimum absolute atomic E-state index is 0.106. The van der Waals surface area contributed by atoms with Crippen LogP contribution in [0.25, 0.3) is 17.4 Å². The smallest absolute Gasteiger partial charge is 0.270 e. The van der Waals surface area contributed by atoms with E-state index in [0.717, 1.165) is 0 Å². The number of halogens is 1. The Kier molecular flexibility index (Phi) is 5.27. The summed E-state index contributed by atoms with van der Waals surface area (Å²) in [5.41, 5.74) is 0.410. The number of thiocarbonyl (C=S) groups is 1. The average Bonchev–Trinajstić information content (AvgIpc) is 3.41. The van der Waals surface area contributed by atoms with Gasteiger partial charge in [-0.15, -0.1) is 0 Å². The SMILES string of the molecule is O=C1C(=Cc2ccc(-c3ccc([N+](=O)[O-])cc3Cl)o2)SC(=S)N1Cc1ccco1. The van der Waals surface area contributed by atoms with Crippen molar-refractivity contribution in [3.8, 4) is 11.3 Å². The van der Waals surface area contributed by atoms with E-state index in [4.69, 9.17) is 32.7 Å². The van der Waals surface area contributed by atoms with Crippen LogP contribution in [0.2, 0.25) is 5.02 Å². The summed E-state index contributed by atoms with van der Waals surface area (Å²) in [6.45, 7) is 0.261. The van der Waals surface area contributed by atoms with Crippen LogP contribution < -0.4 is 0 Å². The zero-order chi connectivity index (χ0) is 20.5. The molecule has 3 heterocycles. The number of non-ortho nitro benzene ring substituents is 1. The molecule has 0 radical (unpaired) electrons. The van der Waals surface area contributed by atoms with Gasteiger partial charge in [-0.3, -0.25) is 19.8 Å². The second-order valence-corrected chi connectivity index (χ2v) is 8.05. The van der Waals surface area contributed by atoms with Crippen LogP contribution in [0.5, 0.6) is 0 Å². The average molecular weight is 447 g/mol. The minimum Gasteiger partial charge on any atom is -0.467 e. The molecular weight excluding hydrogens is 436 g/mol. The molecule has 1 amide bonds. The van der Waals surface area contributed by atoms with Crippen LogP contribution in [0, 0.1) is 10.1 Å². The van der Waals surface area contributed by atoms with Crippen LogP contribution >= 0.6 is 35.6 Å². The minimum atomic E-state index is -0.520. The third-order valence-electron chi connectivity index (χ3n) is 4.10. The van der Waals surface area contributed by atoms with Crippen molar-refractivity contribution in [2.24, 2.45) is 0 Å². The number of hydrogen-bond acceptors (Lipinski definition) is 7. The zero-order valence-corrected chi connectivity index (χ0v) is 16.9. The molecule has 7 nitrogen and oxygen atoms in total. The zero-order valence-electron chi connectivity index (χ0n) is 14.5. The number of thioether (sulfide) groups is 1. The molecule has 3 aromatic rings. The van der Waals surface area contributed by atoms with Gasteiger partial charge in [-0.2, -0.15) is 0 Å². The molecule has 0 saturated carbocycles. The molecule has 1 fully saturated rings. The lowest BCUT2D eigenvalue weighted by atomic mass is 10.1. The standard InChI is InChI=1S/C19H11ClN2O5S2/c20-15-8-11(22(24)25)3-5-14(15)16-6-4-12(27-16)9-17-18(23)21(19(28)29-17)10-13-2-1-7-26-13/h1-9H,10H2. The van der Waals surface area contributed by atoms with E-state index < -0.39 is 4.92 Å². The number of benzene rings is 1. The predicted octanol–water partition coefficient (Wildman–Crippen LogP) is 5.50. The van der Waals surface area contributed by atoms with Crippen LogP contribution in [0.15, 0.2) is 62.5 Å². The molecule has 146 valence electrons. The molecule has 0 spiro atoms. The molecular formula is C19H11ClN2O5S2. The third kappa shape index (κ3) is 3.98. The molecule has 29 heavy (non-hydrogen) atoms. The van der Waals surface area contributed by atoms with Crippen LogP contribution in [-0.4, -0.2) is 20.1 Å². The summed E-state index contributed by atoms with van der Waals surface area (Å²) in [4.78, 5) is 24.9. The molecule has 0 bridgehead atoms. The van der Waals surface area contributed by atoms with Gasteiger partial charge in [-0.25, -0.2) is 0 Å². The summed E-state index contributed by atoms with van der Waals surface area (Å²) < 4.78 is 11.5. The van der Waals surface area contributed by atoms with Crippen molar-refractivity contribution in [3.05, 3.63) is 80.3 Å². The van der Waals surface area contributed by atoms with Crippen LogP contribution in [0.3, 0.4) is 0 Å². The largest absolute Gasteiger partial charge is 0.467 e. The maximum Gasteiger partial charge on any atom is 0.270 e. The Morgan fingerprint density at radius 1 is 1.28 bits per heavy atom. The first-order valence-corrected chi connectivity index (χ1v) is 9.84. The summed E-state index contributed by atoms with van der Waals surface area (Å²) in [6.07, 6.45) is 3.14. The molecule has 10 heteroatoms. The first-order chi connectivity index (χ1) is 13.9. The molecule has 1 aliphatic rings. The van der Waals surface area contributed by atoms with E-state index in [1.165, 1.54) is 41.1 Å². The number of amides is 1. The fraction of sp³-hybridized carbons (Fsp3) is 0.0526. The Bertz CT molecular complexity index is 1150. The Hall–Kier alpha value is -2.88. The van der Waals surface area contributed by atoms with Gasteiger partial charge in [0, 0.05) is 23.8 Å². The number of carbonyl (C=O) groups excluding carboxylic acids is 1. The van der Waals surface area contributed by atoms with Crippen molar-refractivity contribution in [2.45, 2.75) is 6.54 Å². The molecule has 0 N–H and O–H groups in total.